The number of nitrogens with one attached hydrogen (secondary N) is 1. The molecule has 0 bridgehead atoms. The smallest absolute Gasteiger partial charge is 0.238 e. The first-order valence-electron chi connectivity index (χ1n) is 8.28. The summed E-state index contributed by atoms with van der Waals surface area (Å²) in [6.07, 6.45) is 2.07. The van der Waals surface area contributed by atoms with Gasteiger partial charge in [0.2, 0.25) is 11.8 Å². The van der Waals surface area contributed by atoms with Crippen LogP contribution in [0.15, 0.2) is 24.3 Å². The van der Waals surface area contributed by atoms with E-state index < -0.39 is 5.41 Å². The summed E-state index contributed by atoms with van der Waals surface area (Å²) in [5.74, 6) is 0.673. The van der Waals surface area contributed by atoms with E-state index in [2.05, 4.69) is 5.32 Å². The monoisotopic (exact) mass is 318 g/mol. The van der Waals surface area contributed by atoms with Gasteiger partial charge in [-0.25, -0.2) is 0 Å². The lowest BCUT2D eigenvalue weighted by molar-refractivity contribution is -0.143. The van der Waals surface area contributed by atoms with Crippen LogP contribution in [0.25, 0.3) is 0 Å². The molecule has 0 radical (unpaired) electrons. The van der Waals surface area contributed by atoms with Crippen LogP contribution in [0.3, 0.4) is 0 Å². The number of hydrogen-bond acceptors (Lipinski definition) is 3. The van der Waals surface area contributed by atoms with Crippen molar-refractivity contribution >= 4 is 11.8 Å². The van der Waals surface area contributed by atoms with Crippen LogP contribution < -0.4 is 10.1 Å². The minimum atomic E-state index is -0.800. The molecule has 2 rings (SSSR count). The Kier molecular flexibility index (Phi) is 5.64. The number of hydrogen-bond donors (Lipinski definition) is 1. The Labute approximate surface area is 138 Å². The van der Waals surface area contributed by atoms with E-state index in [0.29, 0.717) is 32.5 Å². The van der Waals surface area contributed by atoms with Gasteiger partial charge in [0.05, 0.1) is 7.11 Å². The second-order valence-electron chi connectivity index (χ2n) is 5.91. The Morgan fingerprint density at radius 1 is 1.17 bits per heavy atom. The predicted octanol–water partition coefficient (Wildman–Crippen LogP) is 2.00. The number of methoxy groups -OCH3 is 1. The molecule has 23 heavy (non-hydrogen) atoms. The van der Waals surface area contributed by atoms with E-state index in [1.54, 1.807) is 12.0 Å². The quantitative estimate of drug-likeness (QED) is 0.746. The number of nitrogens with zero attached hydrogens (tertiary/aromatic N) is 1. The molecule has 1 aliphatic carbocycles. The van der Waals surface area contributed by atoms with Crippen molar-refractivity contribution in [3.05, 3.63) is 29.8 Å². The van der Waals surface area contributed by atoms with E-state index in [1.807, 2.05) is 38.1 Å². The third-order valence-electron chi connectivity index (χ3n) is 4.50. The van der Waals surface area contributed by atoms with Crippen LogP contribution in [0, 0.1) is 5.41 Å². The van der Waals surface area contributed by atoms with E-state index in [0.717, 1.165) is 17.7 Å². The number of carbonyl (C=O) groups excluding carboxylic acids is 2. The van der Waals surface area contributed by atoms with Crippen LogP contribution in [0.4, 0.5) is 0 Å². The van der Waals surface area contributed by atoms with Crippen LogP contribution in [-0.4, -0.2) is 43.5 Å². The summed E-state index contributed by atoms with van der Waals surface area (Å²) in [6.45, 7) is 5.73. The van der Waals surface area contributed by atoms with Crippen molar-refractivity contribution in [2.75, 3.05) is 26.7 Å². The average Bonchev–Trinajstić information content (AvgIpc) is 3.38. The molecule has 1 saturated carbocycles. The molecule has 0 saturated heterocycles. The molecule has 1 N–H and O–H groups in total. The largest absolute Gasteiger partial charge is 0.497 e. The second-order valence-corrected chi connectivity index (χ2v) is 5.91. The molecule has 5 nitrogen and oxygen atoms in total. The van der Waals surface area contributed by atoms with Gasteiger partial charge in [-0.15, -0.1) is 0 Å². The van der Waals surface area contributed by atoms with Gasteiger partial charge in [-0.3, -0.25) is 9.59 Å². The Balaban J connectivity index is 1.85. The zero-order valence-electron chi connectivity index (χ0n) is 14.2. The van der Waals surface area contributed by atoms with Crippen molar-refractivity contribution in [1.29, 1.82) is 0 Å². The number of amides is 2. The highest BCUT2D eigenvalue weighted by molar-refractivity contribution is 6.07. The molecule has 0 heterocycles. The molecule has 1 aromatic rings. The number of benzene rings is 1. The van der Waals surface area contributed by atoms with E-state index in [-0.39, 0.29) is 11.8 Å². The first kappa shape index (κ1) is 17.3. The van der Waals surface area contributed by atoms with Gasteiger partial charge in [0.1, 0.15) is 11.2 Å². The normalized spacial score (nSPS) is 14.9. The minimum Gasteiger partial charge on any atom is -0.497 e. The number of ether oxygens (including phenoxy) is 1. The van der Waals surface area contributed by atoms with Gasteiger partial charge in [0, 0.05) is 19.6 Å². The van der Waals surface area contributed by atoms with Crippen molar-refractivity contribution in [1.82, 2.24) is 10.2 Å². The summed E-state index contributed by atoms with van der Waals surface area (Å²) in [5.41, 5.74) is 0.331. The van der Waals surface area contributed by atoms with Crippen LogP contribution in [0.5, 0.6) is 5.75 Å². The van der Waals surface area contributed by atoms with Gasteiger partial charge in [0.15, 0.2) is 0 Å². The number of rotatable bonds is 8. The van der Waals surface area contributed by atoms with Gasteiger partial charge in [-0.1, -0.05) is 12.1 Å². The molecule has 0 unspecified atom stereocenters. The Morgan fingerprint density at radius 3 is 2.26 bits per heavy atom. The zero-order chi connectivity index (χ0) is 16.9. The highest BCUT2D eigenvalue weighted by Crippen LogP contribution is 2.47. The summed E-state index contributed by atoms with van der Waals surface area (Å²) < 4.78 is 5.12. The van der Waals surface area contributed by atoms with Crippen LogP contribution in [0.1, 0.15) is 32.3 Å². The molecule has 0 aromatic heterocycles. The maximum Gasteiger partial charge on any atom is 0.238 e. The van der Waals surface area contributed by atoms with Gasteiger partial charge >= 0.3 is 0 Å². The second kappa shape index (κ2) is 7.49. The molecule has 0 atom stereocenters. The molecule has 0 aliphatic heterocycles. The van der Waals surface area contributed by atoms with Crippen molar-refractivity contribution in [3.63, 3.8) is 0 Å². The lowest BCUT2D eigenvalue weighted by atomic mass is 10.0. The van der Waals surface area contributed by atoms with Crippen molar-refractivity contribution in [2.24, 2.45) is 5.41 Å². The van der Waals surface area contributed by atoms with Gasteiger partial charge in [-0.2, -0.15) is 0 Å². The lowest BCUT2D eigenvalue weighted by Crippen LogP contribution is -2.45. The van der Waals surface area contributed by atoms with Gasteiger partial charge < -0.3 is 15.0 Å². The maximum absolute atomic E-state index is 12.5. The Morgan fingerprint density at radius 2 is 1.78 bits per heavy atom. The first-order valence-corrected chi connectivity index (χ1v) is 8.28. The van der Waals surface area contributed by atoms with Gasteiger partial charge in [-0.05, 0) is 50.8 Å². The van der Waals surface area contributed by atoms with E-state index in [1.165, 1.54) is 0 Å². The summed E-state index contributed by atoms with van der Waals surface area (Å²) in [6, 6.07) is 7.78. The summed E-state index contributed by atoms with van der Waals surface area (Å²) >= 11 is 0. The highest BCUT2D eigenvalue weighted by atomic mass is 16.5. The summed E-state index contributed by atoms with van der Waals surface area (Å²) in [7, 11) is 1.64. The Hall–Kier alpha value is -2.04. The maximum atomic E-state index is 12.5. The zero-order valence-corrected chi connectivity index (χ0v) is 14.2. The molecule has 126 valence electrons. The summed E-state index contributed by atoms with van der Waals surface area (Å²) in [5, 5.41) is 2.93. The predicted molar refractivity (Wildman–Crippen MR) is 89.3 cm³/mol. The first-order chi connectivity index (χ1) is 11.1. The molecule has 1 aliphatic rings. The molecule has 1 fully saturated rings. The fourth-order valence-electron chi connectivity index (χ4n) is 2.76. The average molecular weight is 318 g/mol. The minimum absolute atomic E-state index is 0.0237. The molecule has 2 amide bonds. The van der Waals surface area contributed by atoms with Crippen molar-refractivity contribution in [2.45, 2.75) is 33.1 Å². The van der Waals surface area contributed by atoms with Crippen LogP contribution in [-0.2, 0) is 16.0 Å². The molecule has 0 spiro atoms. The van der Waals surface area contributed by atoms with Crippen molar-refractivity contribution < 1.29 is 14.3 Å². The fraction of sp³-hybridized carbons (Fsp3) is 0.556. The van der Waals surface area contributed by atoms with E-state index in [9.17, 15) is 9.59 Å². The lowest BCUT2D eigenvalue weighted by Gasteiger charge is -2.24. The molecule has 1 aromatic carbocycles. The van der Waals surface area contributed by atoms with Crippen LogP contribution >= 0.6 is 0 Å². The highest BCUT2D eigenvalue weighted by Gasteiger charge is 2.57. The van der Waals surface area contributed by atoms with Crippen molar-refractivity contribution in [3.8, 4) is 5.75 Å². The molecular weight excluding hydrogens is 292 g/mol. The topological polar surface area (TPSA) is 58.6 Å². The third-order valence-corrected chi connectivity index (χ3v) is 4.50. The standard InChI is InChI=1S/C18H26N2O3/c1-4-20(5-2)17(22)18(11-12-18)16(21)19-13-10-14-6-8-15(23-3)9-7-14/h6-9H,4-5,10-13H2,1-3H3,(H,19,21). The number of carbonyl (C=O) groups is 2. The molecule has 5 heteroatoms. The molecular formula is C18H26N2O3. The van der Waals surface area contributed by atoms with Gasteiger partial charge in [0.25, 0.3) is 0 Å². The third kappa shape index (κ3) is 3.84. The SMILES string of the molecule is CCN(CC)C(=O)C1(C(=O)NCCc2ccc(OC)cc2)CC1. The fourth-order valence-corrected chi connectivity index (χ4v) is 2.76. The van der Waals surface area contributed by atoms with E-state index >= 15 is 0 Å². The van der Waals surface area contributed by atoms with E-state index in [4.69, 9.17) is 4.74 Å². The Bertz CT molecular complexity index is 546. The summed E-state index contributed by atoms with van der Waals surface area (Å²) in [4.78, 5) is 26.6. The van der Waals surface area contributed by atoms with Crippen LogP contribution in [0.2, 0.25) is 0 Å².